The number of nitrogens with one attached hydrogen (secondary N) is 1. The Morgan fingerprint density at radius 1 is 1.45 bits per heavy atom. The maximum absolute atomic E-state index is 12.1. The number of piperidine rings is 1. The van der Waals surface area contributed by atoms with E-state index in [1.165, 1.54) is 4.90 Å². The Balaban J connectivity index is 2.55. The summed E-state index contributed by atoms with van der Waals surface area (Å²) >= 11 is 0. The van der Waals surface area contributed by atoms with Crippen LogP contribution in [0.1, 0.15) is 39.0 Å². The average Bonchev–Trinajstić information content (AvgIpc) is 2.42. The number of urea groups is 1. The van der Waals surface area contributed by atoms with Gasteiger partial charge in [-0.25, -0.2) is 9.59 Å². The fraction of sp³-hybridized carbons (Fsp3) is 0.769. The number of nitrogens with zero attached hydrogens (tertiary/aromatic N) is 1. The topological polar surface area (TPSA) is 113 Å². The number of carboxylic acid groups (broad SMARTS) is 1. The van der Waals surface area contributed by atoms with Crippen molar-refractivity contribution in [3.63, 3.8) is 0 Å². The van der Waals surface area contributed by atoms with E-state index in [-0.39, 0.29) is 18.4 Å². The van der Waals surface area contributed by atoms with Crippen molar-refractivity contribution in [1.29, 1.82) is 0 Å². The SMILES string of the molecule is CCCC[C@H](NC(=O)[C@H]1CCCN(C(N)=O)C1)C(=O)O. The minimum absolute atomic E-state index is 0.265. The number of nitrogens with two attached hydrogens (primary N) is 1. The van der Waals surface area contributed by atoms with Crippen LogP contribution in [0.25, 0.3) is 0 Å². The van der Waals surface area contributed by atoms with Crippen LogP contribution >= 0.6 is 0 Å². The number of hydrogen-bond acceptors (Lipinski definition) is 3. The van der Waals surface area contributed by atoms with Gasteiger partial charge >= 0.3 is 12.0 Å². The van der Waals surface area contributed by atoms with Crippen molar-refractivity contribution < 1.29 is 19.5 Å². The molecule has 1 fully saturated rings. The van der Waals surface area contributed by atoms with E-state index in [1.54, 1.807) is 0 Å². The van der Waals surface area contributed by atoms with Gasteiger partial charge in [-0.2, -0.15) is 0 Å². The third-order valence-electron chi connectivity index (χ3n) is 3.56. The molecule has 0 aromatic carbocycles. The van der Waals surface area contributed by atoms with Crippen LogP contribution in [0, 0.1) is 5.92 Å². The molecule has 0 aromatic rings. The van der Waals surface area contributed by atoms with Crippen molar-refractivity contribution in [3.05, 3.63) is 0 Å². The number of unbranched alkanes of at least 4 members (excludes halogenated alkanes) is 1. The van der Waals surface area contributed by atoms with Gasteiger partial charge in [0.1, 0.15) is 6.04 Å². The number of amides is 3. The predicted octanol–water partition coefficient (Wildman–Crippen LogP) is 0.537. The van der Waals surface area contributed by atoms with Crippen LogP contribution in [0.3, 0.4) is 0 Å². The van der Waals surface area contributed by atoms with Crippen molar-refractivity contribution in [1.82, 2.24) is 10.2 Å². The highest BCUT2D eigenvalue weighted by atomic mass is 16.4. The lowest BCUT2D eigenvalue weighted by molar-refractivity contribution is -0.143. The number of aliphatic carboxylic acids is 1. The van der Waals surface area contributed by atoms with Crippen molar-refractivity contribution in [3.8, 4) is 0 Å². The van der Waals surface area contributed by atoms with Gasteiger partial charge in [-0.05, 0) is 19.3 Å². The van der Waals surface area contributed by atoms with Crippen molar-refractivity contribution in [2.75, 3.05) is 13.1 Å². The van der Waals surface area contributed by atoms with Crippen molar-refractivity contribution in [2.24, 2.45) is 11.7 Å². The Kier molecular flexibility index (Phi) is 6.27. The first-order valence-electron chi connectivity index (χ1n) is 7.03. The monoisotopic (exact) mass is 285 g/mol. The van der Waals surface area contributed by atoms with E-state index in [0.29, 0.717) is 25.8 Å². The van der Waals surface area contributed by atoms with E-state index in [4.69, 9.17) is 10.8 Å². The summed E-state index contributed by atoms with van der Waals surface area (Å²) in [6.07, 6.45) is 3.39. The summed E-state index contributed by atoms with van der Waals surface area (Å²) in [5, 5.41) is 11.7. The number of rotatable bonds is 6. The number of carbonyl (C=O) groups excluding carboxylic acids is 2. The van der Waals surface area contributed by atoms with Crippen LogP contribution in [0.15, 0.2) is 0 Å². The van der Waals surface area contributed by atoms with Gasteiger partial charge in [-0.3, -0.25) is 4.79 Å². The summed E-state index contributed by atoms with van der Waals surface area (Å²) in [6.45, 7) is 2.78. The molecule has 1 saturated heterocycles. The number of carboxylic acids is 1. The minimum Gasteiger partial charge on any atom is -0.480 e. The number of carbonyl (C=O) groups is 3. The molecule has 0 radical (unpaired) electrons. The molecule has 1 rings (SSSR count). The normalized spacial score (nSPS) is 20.2. The maximum atomic E-state index is 12.1. The van der Waals surface area contributed by atoms with Crippen molar-refractivity contribution in [2.45, 2.75) is 45.1 Å². The van der Waals surface area contributed by atoms with Gasteiger partial charge in [0.15, 0.2) is 0 Å². The largest absolute Gasteiger partial charge is 0.480 e. The molecule has 1 aliphatic heterocycles. The molecular weight excluding hydrogens is 262 g/mol. The van der Waals surface area contributed by atoms with Gasteiger partial charge < -0.3 is 21.1 Å². The summed E-state index contributed by atoms with van der Waals surface area (Å²) in [5.74, 6) is -1.70. The fourth-order valence-corrected chi connectivity index (χ4v) is 2.35. The second kappa shape index (κ2) is 7.72. The average molecular weight is 285 g/mol. The highest BCUT2D eigenvalue weighted by Gasteiger charge is 2.30. The van der Waals surface area contributed by atoms with Gasteiger partial charge in [0.2, 0.25) is 5.91 Å². The summed E-state index contributed by atoms with van der Waals surface area (Å²) in [7, 11) is 0. The number of likely N-dealkylation sites (tertiary alicyclic amines) is 1. The summed E-state index contributed by atoms with van der Waals surface area (Å²) in [5.41, 5.74) is 5.21. The van der Waals surface area contributed by atoms with Crippen LogP contribution in [-0.2, 0) is 9.59 Å². The van der Waals surface area contributed by atoms with E-state index < -0.39 is 18.0 Å². The van der Waals surface area contributed by atoms with Gasteiger partial charge in [-0.1, -0.05) is 19.8 Å². The molecule has 7 heteroatoms. The van der Waals surface area contributed by atoms with Gasteiger partial charge in [-0.15, -0.1) is 0 Å². The molecule has 0 aliphatic carbocycles. The lowest BCUT2D eigenvalue weighted by Gasteiger charge is -2.31. The van der Waals surface area contributed by atoms with E-state index in [1.807, 2.05) is 6.92 Å². The highest BCUT2D eigenvalue weighted by Crippen LogP contribution is 2.17. The standard InChI is InChI=1S/C13H23N3O4/c1-2-3-6-10(12(18)19)15-11(17)9-5-4-7-16(8-9)13(14)20/h9-10H,2-8H2,1H3,(H2,14,20)(H,15,17)(H,18,19)/t9-,10-/m0/s1. The zero-order chi connectivity index (χ0) is 15.1. The molecular formula is C13H23N3O4. The molecule has 0 bridgehead atoms. The quantitative estimate of drug-likeness (QED) is 0.661. The van der Waals surface area contributed by atoms with Crippen LogP contribution in [-0.4, -0.2) is 47.0 Å². The molecule has 4 N–H and O–H groups in total. The highest BCUT2D eigenvalue weighted by molar-refractivity contribution is 5.85. The summed E-state index contributed by atoms with van der Waals surface area (Å²) in [6, 6.07) is -1.39. The zero-order valence-electron chi connectivity index (χ0n) is 11.8. The molecule has 1 heterocycles. The fourth-order valence-electron chi connectivity index (χ4n) is 2.35. The van der Waals surface area contributed by atoms with E-state index >= 15 is 0 Å². The molecule has 0 aromatic heterocycles. The number of primary amides is 1. The molecule has 7 nitrogen and oxygen atoms in total. The van der Waals surface area contributed by atoms with E-state index in [9.17, 15) is 14.4 Å². The lowest BCUT2D eigenvalue weighted by atomic mass is 9.96. The molecule has 2 atom stereocenters. The maximum Gasteiger partial charge on any atom is 0.326 e. The molecule has 0 unspecified atom stereocenters. The third kappa shape index (κ3) is 4.71. The molecule has 0 spiro atoms. The smallest absolute Gasteiger partial charge is 0.326 e. The predicted molar refractivity (Wildman–Crippen MR) is 73.0 cm³/mol. The summed E-state index contributed by atoms with van der Waals surface area (Å²) in [4.78, 5) is 35.7. The van der Waals surface area contributed by atoms with Crippen LogP contribution in [0.4, 0.5) is 4.79 Å². The number of hydrogen-bond donors (Lipinski definition) is 3. The summed E-state index contributed by atoms with van der Waals surface area (Å²) < 4.78 is 0. The van der Waals surface area contributed by atoms with Gasteiger partial charge in [0, 0.05) is 13.1 Å². The van der Waals surface area contributed by atoms with Gasteiger partial charge in [0.05, 0.1) is 5.92 Å². The molecule has 1 aliphatic rings. The Morgan fingerprint density at radius 3 is 2.70 bits per heavy atom. The third-order valence-corrected chi connectivity index (χ3v) is 3.56. The lowest BCUT2D eigenvalue weighted by Crippen LogP contribution is -2.50. The molecule has 20 heavy (non-hydrogen) atoms. The Morgan fingerprint density at radius 2 is 2.15 bits per heavy atom. The molecule has 114 valence electrons. The van der Waals surface area contributed by atoms with Crippen molar-refractivity contribution >= 4 is 17.9 Å². The first kappa shape index (κ1) is 16.3. The first-order chi connectivity index (χ1) is 9.45. The van der Waals surface area contributed by atoms with Crippen LogP contribution < -0.4 is 11.1 Å². The second-order valence-electron chi connectivity index (χ2n) is 5.17. The van der Waals surface area contributed by atoms with Crippen LogP contribution in [0.5, 0.6) is 0 Å². The van der Waals surface area contributed by atoms with E-state index in [2.05, 4.69) is 5.32 Å². The Bertz CT molecular complexity index is 373. The minimum atomic E-state index is -1.02. The van der Waals surface area contributed by atoms with Crippen LogP contribution in [0.2, 0.25) is 0 Å². The Labute approximate surface area is 118 Å². The zero-order valence-corrected chi connectivity index (χ0v) is 11.8. The molecule has 3 amide bonds. The van der Waals surface area contributed by atoms with E-state index in [0.717, 1.165) is 12.8 Å². The first-order valence-corrected chi connectivity index (χ1v) is 7.03. The molecule has 0 saturated carbocycles. The Hall–Kier alpha value is -1.79. The second-order valence-corrected chi connectivity index (χ2v) is 5.17. The van der Waals surface area contributed by atoms with Gasteiger partial charge in [0.25, 0.3) is 0 Å².